The van der Waals surface area contributed by atoms with Gasteiger partial charge in [-0.2, -0.15) is 0 Å². The van der Waals surface area contributed by atoms with Gasteiger partial charge in [0.05, 0.1) is 10.6 Å². The van der Waals surface area contributed by atoms with Crippen LogP contribution in [-0.4, -0.2) is 43.8 Å². The van der Waals surface area contributed by atoms with Gasteiger partial charge in [0.2, 0.25) is 11.8 Å². The van der Waals surface area contributed by atoms with Crippen LogP contribution in [0.3, 0.4) is 0 Å². The van der Waals surface area contributed by atoms with Crippen molar-refractivity contribution in [3.05, 3.63) is 131 Å². The quantitative estimate of drug-likeness (QED) is 0.158. The molecule has 0 radical (unpaired) electrons. The molecule has 0 heterocycles. The van der Waals surface area contributed by atoms with Crippen LogP contribution in [0, 0.1) is 12.7 Å². The molecule has 0 aliphatic carbocycles. The Morgan fingerprint density at radius 1 is 0.809 bits per heavy atom. The van der Waals surface area contributed by atoms with Gasteiger partial charge in [-0.15, -0.1) is 0 Å². The largest absolute Gasteiger partial charge is 0.352 e. The average molecular weight is 658 g/mol. The fourth-order valence-corrected chi connectivity index (χ4v) is 6.59. The third-order valence-corrected chi connectivity index (χ3v) is 10.1. The number of aryl methyl sites for hydroxylation is 1. The van der Waals surface area contributed by atoms with Gasteiger partial charge in [-0.3, -0.25) is 13.9 Å². The van der Waals surface area contributed by atoms with Crippen LogP contribution in [-0.2, 0) is 32.6 Å². The van der Waals surface area contributed by atoms with E-state index in [9.17, 15) is 22.4 Å². The van der Waals surface area contributed by atoms with E-state index in [0.717, 1.165) is 21.0 Å². The molecular formula is C38H44FN3O4S. The molecule has 0 unspecified atom stereocenters. The van der Waals surface area contributed by atoms with E-state index in [0.29, 0.717) is 17.7 Å². The Kier molecular flexibility index (Phi) is 11.9. The van der Waals surface area contributed by atoms with E-state index in [4.69, 9.17) is 0 Å². The zero-order valence-electron chi connectivity index (χ0n) is 27.7. The van der Waals surface area contributed by atoms with Crippen molar-refractivity contribution in [1.82, 2.24) is 10.2 Å². The second-order valence-electron chi connectivity index (χ2n) is 12.2. The zero-order chi connectivity index (χ0) is 34.1. The lowest BCUT2D eigenvalue weighted by Crippen LogP contribution is -2.54. The van der Waals surface area contributed by atoms with E-state index in [2.05, 4.69) is 5.32 Å². The number of sulfonamides is 1. The fraction of sp³-hybridized carbons (Fsp3) is 0.316. The molecule has 0 aromatic heterocycles. The molecular weight excluding hydrogens is 614 g/mol. The number of rotatable bonds is 14. The molecule has 2 atom stereocenters. The first-order chi connectivity index (χ1) is 22.4. The molecule has 0 bridgehead atoms. The van der Waals surface area contributed by atoms with Crippen molar-refractivity contribution in [2.75, 3.05) is 10.8 Å². The van der Waals surface area contributed by atoms with Crippen molar-refractivity contribution < 1.29 is 22.4 Å². The summed E-state index contributed by atoms with van der Waals surface area (Å²) in [5.41, 5.74) is 3.68. The van der Waals surface area contributed by atoms with Gasteiger partial charge in [0.1, 0.15) is 18.4 Å². The maximum Gasteiger partial charge on any atom is 0.264 e. The smallest absolute Gasteiger partial charge is 0.264 e. The summed E-state index contributed by atoms with van der Waals surface area (Å²) in [6.45, 7) is 9.22. The monoisotopic (exact) mass is 657 g/mol. The van der Waals surface area contributed by atoms with Gasteiger partial charge in [-0.05, 0) is 79.3 Å². The third kappa shape index (κ3) is 9.29. The van der Waals surface area contributed by atoms with Gasteiger partial charge in [0.15, 0.2) is 0 Å². The molecule has 4 aromatic carbocycles. The number of anilines is 1. The Morgan fingerprint density at radius 3 is 2.00 bits per heavy atom. The highest BCUT2D eigenvalue weighted by molar-refractivity contribution is 7.92. The number of amides is 2. The van der Waals surface area contributed by atoms with Gasteiger partial charge in [-0.25, -0.2) is 12.8 Å². The Balaban J connectivity index is 1.81. The van der Waals surface area contributed by atoms with Crippen LogP contribution in [0.1, 0.15) is 62.3 Å². The van der Waals surface area contributed by atoms with Crippen LogP contribution in [0.15, 0.2) is 108 Å². The Bertz CT molecular complexity index is 1730. The van der Waals surface area contributed by atoms with Crippen LogP contribution in [0.25, 0.3) is 0 Å². The highest BCUT2D eigenvalue weighted by atomic mass is 32.2. The van der Waals surface area contributed by atoms with E-state index in [1.54, 1.807) is 36.4 Å². The van der Waals surface area contributed by atoms with Crippen LogP contribution in [0.2, 0.25) is 0 Å². The fourth-order valence-electron chi connectivity index (χ4n) is 5.17. The van der Waals surface area contributed by atoms with Crippen molar-refractivity contribution in [2.45, 2.75) is 76.9 Å². The SMILES string of the molecule is CC[C@H](C)NC(=O)[C@H](Cc1ccccc1)N(Cc1ccc(F)cc1)C(=O)CN(c1ccc(C(C)C)cc1)S(=O)(=O)c1ccc(C)cc1. The van der Waals surface area contributed by atoms with E-state index < -0.39 is 34.3 Å². The maximum absolute atomic E-state index is 14.6. The van der Waals surface area contributed by atoms with Gasteiger partial charge < -0.3 is 10.2 Å². The van der Waals surface area contributed by atoms with Crippen molar-refractivity contribution in [2.24, 2.45) is 0 Å². The molecule has 0 aliphatic rings. The molecule has 2 amide bonds. The van der Waals surface area contributed by atoms with E-state index >= 15 is 0 Å². The van der Waals surface area contributed by atoms with E-state index in [1.807, 2.05) is 77.1 Å². The number of halogens is 1. The lowest BCUT2D eigenvalue weighted by Gasteiger charge is -2.34. The van der Waals surface area contributed by atoms with Crippen LogP contribution >= 0.6 is 0 Å². The van der Waals surface area contributed by atoms with Crippen LogP contribution < -0.4 is 9.62 Å². The van der Waals surface area contributed by atoms with Crippen molar-refractivity contribution in [3.8, 4) is 0 Å². The molecule has 248 valence electrons. The Morgan fingerprint density at radius 2 is 1.43 bits per heavy atom. The third-order valence-electron chi connectivity index (χ3n) is 8.27. The van der Waals surface area contributed by atoms with Crippen molar-refractivity contribution in [3.63, 3.8) is 0 Å². The molecule has 4 aromatic rings. The molecule has 1 N–H and O–H groups in total. The molecule has 0 fully saturated rings. The molecule has 47 heavy (non-hydrogen) atoms. The standard InChI is InChI=1S/C38H44FN3O4S/c1-6-29(5)40-38(44)36(24-30-10-8-7-9-11-30)41(25-31-14-18-33(39)19-15-31)37(43)26-42(34-20-16-32(17-21-34)27(2)3)47(45,46)35-22-12-28(4)13-23-35/h7-23,27,29,36H,6,24-26H2,1-5H3,(H,40,44)/t29-,36-/m0/s1. The minimum atomic E-state index is -4.20. The molecule has 4 rings (SSSR count). The molecule has 9 heteroatoms. The van der Waals surface area contributed by atoms with Crippen LogP contribution in [0.4, 0.5) is 10.1 Å². The summed E-state index contributed by atoms with van der Waals surface area (Å²) in [6, 6.07) is 27.6. The minimum absolute atomic E-state index is 0.0325. The van der Waals surface area contributed by atoms with Gasteiger partial charge >= 0.3 is 0 Å². The predicted octanol–water partition coefficient (Wildman–Crippen LogP) is 7.01. The first kappa shape index (κ1) is 35.4. The number of nitrogens with one attached hydrogen (secondary N) is 1. The van der Waals surface area contributed by atoms with E-state index in [1.165, 1.54) is 29.2 Å². The number of carbonyl (C=O) groups is 2. The molecule has 0 spiro atoms. The average Bonchev–Trinajstić information content (AvgIpc) is 3.06. The lowest BCUT2D eigenvalue weighted by atomic mass is 10.0. The Labute approximate surface area is 278 Å². The van der Waals surface area contributed by atoms with Crippen LogP contribution in [0.5, 0.6) is 0 Å². The Hall–Kier alpha value is -4.50. The molecule has 0 saturated heterocycles. The number of benzene rings is 4. The number of nitrogens with zero attached hydrogens (tertiary/aromatic N) is 2. The first-order valence-electron chi connectivity index (χ1n) is 16.0. The van der Waals surface area contributed by atoms with Gasteiger partial charge in [-0.1, -0.05) is 93.1 Å². The maximum atomic E-state index is 14.6. The summed E-state index contributed by atoms with van der Waals surface area (Å²) in [6.07, 6.45) is 0.883. The summed E-state index contributed by atoms with van der Waals surface area (Å²) in [5, 5.41) is 3.02. The van der Waals surface area contributed by atoms with Gasteiger partial charge in [0.25, 0.3) is 10.0 Å². The van der Waals surface area contributed by atoms with Gasteiger partial charge in [0, 0.05) is 19.0 Å². The number of hydrogen-bond donors (Lipinski definition) is 1. The topological polar surface area (TPSA) is 86.8 Å². The summed E-state index contributed by atoms with van der Waals surface area (Å²) < 4.78 is 43.4. The first-order valence-corrected chi connectivity index (χ1v) is 17.4. The highest BCUT2D eigenvalue weighted by Gasteiger charge is 2.35. The molecule has 7 nitrogen and oxygen atoms in total. The normalized spacial score (nSPS) is 12.7. The van der Waals surface area contributed by atoms with Crippen molar-refractivity contribution in [1.29, 1.82) is 0 Å². The zero-order valence-corrected chi connectivity index (χ0v) is 28.5. The summed E-state index contributed by atoms with van der Waals surface area (Å²) >= 11 is 0. The number of carbonyl (C=O) groups excluding carboxylic acids is 2. The highest BCUT2D eigenvalue weighted by Crippen LogP contribution is 2.27. The predicted molar refractivity (Wildman–Crippen MR) is 185 cm³/mol. The van der Waals surface area contributed by atoms with E-state index in [-0.39, 0.29) is 35.7 Å². The summed E-state index contributed by atoms with van der Waals surface area (Å²) in [5.74, 6) is -1.13. The second-order valence-corrected chi connectivity index (χ2v) is 14.1. The minimum Gasteiger partial charge on any atom is -0.352 e. The number of hydrogen-bond acceptors (Lipinski definition) is 4. The molecule has 0 saturated carbocycles. The van der Waals surface area contributed by atoms with Crippen molar-refractivity contribution >= 4 is 27.5 Å². The second kappa shape index (κ2) is 15.9. The lowest BCUT2D eigenvalue weighted by molar-refractivity contribution is -0.140. The summed E-state index contributed by atoms with van der Waals surface area (Å²) in [7, 11) is -4.20. The summed E-state index contributed by atoms with van der Waals surface area (Å²) in [4.78, 5) is 29.9. The molecule has 0 aliphatic heterocycles.